The number of nitrogens with zero attached hydrogens (tertiary/aromatic N) is 1. The average Bonchev–Trinajstić information content (AvgIpc) is 3.51. The summed E-state index contributed by atoms with van der Waals surface area (Å²) in [6, 6.07) is 13.9. The van der Waals surface area contributed by atoms with Gasteiger partial charge >= 0.3 is 5.97 Å². The van der Waals surface area contributed by atoms with Crippen molar-refractivity contribution in [1.29, 1.82) is 0 Å². The van der Waals surface area contributed by atoms with Crippen LogP contribution >= 0.6 is 0 Å². The molecule has 36 heavy (non-hydrogen) atoms. The van der Waals surface area contributed by atoms with Crippen molar-refractivity contribution in [3.8, 4) is 22.9 Å². The third-order valence-electron chi connectivity index (χ3n) is 5.76. The Hall–Kier alpha value is -4.53. The molecule has 3 aromatic carbocycles. The number of hydrogen-bond acceptors (Lipinski definition) is 3. The maximum Gasteiger partial charge on any atom is 0.303 e. The molecule has 182 valence electrons. The van der Waals surface area contributed by atoms with E-state index < -0.39 is 29.2 Å². The topological polar surface area (TPSA) is 91.0 Å². The highest BCUT2D eigenvalue weighted by molar-refractivity contribution is 5.82. The van der Waals surface area contributed by atoms with Crippen molar-refractivity contribution in [2.45, 2.75) is 19.3 Å². The number of aromatic amines is 2. The number of benzene rings is 3. The molecule has 0 aliphatic rings. The number of ether oxygens (including phenoxy) is 1. The van der Waals surface area contributed by atoms with Gasteiger partial charge in [-0.2, -0.15) is 0 Å². The molecule has 2 aromatic heterocycles. The van der Waals surface area contributed by atoms with Gasteiger partial charge in [0.2, 0.25) is 0 Å². The minimum atomic E-state index is -0.890. The van der Waals surface area contributed by atoms with Crippen LogP contribution in [0.2, 0.25) is 0 Å². The normalized spacial score (nSPS) is 11.2. The van der Waals surface area contributed by atoms with Gasteiger partial charge in [-0.3, -0.25) is 4.79 Å². The van der Waals surface area contributed by atoms with Crippen LogP contribution in [0.15, 0.2) is 67.0 Å². The van der Waals surface area contributed by atoms with E-state index >= 15 is 0 Å². The molecule has 9 heteroatoms. The van der Waals surface area contributed by atoms with Gasteiger partial charge in [0, 0.05) is 42.4 Å². The highest BCUT2D eigenvalue weighted by Crippen LogP contribution is 2.34. The van der Waals surface area contributed by atoms with Crippen LogP contribution in [0.1, 0.15) is 23.2 Å². The van der Waals surface area contributed by atoms with Crippen molar-refractivity contribution in [2.24, 2.45) is 0 Å². The molecule has 0 unspecified atom stereocenters. The van der Waals surface area contributed by atoms with E-state index in [9.17, 15) is 18.0 Å². The summed E-state index contributed by atoms with van der Waals surface area (Å²) in [5.74, 6) is -3.49. The van der Waals surface area contributed by atoms with Gasteiger partial charge < -0.3 is 19.8 Å². The number of rotatable bonds is 8. The average molecular weight is 491 g/mol. The fraction of sp³-hybridized carbons (Fsp3) is 0.111. The van der Waals surface area contributed by atoms with E-state index in [-0.39, 0.29) is 28.9 Å². The zero-order valence-corrected chi connectivity index (χ0v) is 18.8. The van der Waals surface area contributed by atoms with Gasteiger partial charge in [0.05, 0.1) is 11.1 Å². The van der Waals surface area contributed by atoms with E-state index in [0.717, 1.165) is 23.3 Å². The van der Waals surface area contributed by atoms with Crippen molar-refractivity contribution >= 4 is 16.9 Å². The maximum atomic E-state index is 14.8. The van der Waals surface area contributed by atoms with Crippen molar-refractivity contribution in [1.82, 2.24) is 15.0 Å². The summed E-state index contributed by atoms with van der Waals surface area (Å²) in [6.45, 7) is 0. The van der Waals surface area contributed by atoms with Crippen molar-refractivity contribution in [3.05, 3.63) is 101 Å². The van der Waals surface area contributed by atoms with Crippen LogP contribution in [0.25, 0.3) is 22.3 Å². The van der Waals surface area contributed by atoms with E-state index in [1.54, 1.807) is 6.20 Å². The smallest absolute Gasteiger partial charge is 0.303 e. The van der Waals surface area contributed by atoms with Crippen LogP contribution in [0.3, 0.4) is 0 Å². The Morgan fingerprint density at radius 1 is 1.00 bits per heavy atom. The first-order chi connectivity index (χ1) is 17.4. The van der Waals surface area contributed by atoms with Gasteiger partial charge in [-0.15, -0.1) is 0 Å². The number of aromatic nitrogens is 3. The fourth-order valence-corrected chi connectivity index (χ4v) is 4.03. The molecule has 0 fully saturated rings. The van der Waals surface area contributed by atoms with E-state index in [1.165, 1.54) is 24.4 Å². The molecule has 0 radical (unpaired) electrons. The lowest BCUT2D eigenvalue weighted by Crippen LogP contribution is -1.98. The van der Waals surface area contributed by atoms with Crippen LogP contribution in [0, 0.1) is 17.5 Å². The summed E-state index contributed by atoms with van der Waals surface area (Å²) in [4.78, 5) is 20.9. The number of aliphatic carboxylic acids is 1. The summed E-state index contributed by atoms with van der Waals surface area (Å²) < 4.78 is 49.4. The molecule has 0 aliphatic carbocycles. The lowest BCUT2D eigenvalue weighted by Gasteiger charge is -2.10. The highest BCUT2D eigenvalue weighted by atomic mass is 19.1. The predicted molar refractivity (Wildman–Crippen MR) is 127 cm³/mol. The van der Waals surface area contributed by atoms with Crippen LogP contribution in [0.5, 0.6) is 11.5 Å². The number of halogens is 3. The highest BCUT2D eigenvalue weighted by Gasteiger charge is 2.18. The van der Waals surface area contributed by atoms with Gasteiger partial charge in [0.25, 0.3) is 0 Å². The molecule has 0 amide bonds. The number of carboxylic acid groups (broad SMARTS) is 1. The Bertz CT molecular complexity index is 1580. The number of carbonyl (C=O) groups is 1. The summed E-state index contributed by atoms with van der Waals surface area (Å²) in [5, 5.41) is 9.06. The molecule has 0 saturated heterocycles. The van der Waals surface area contributed by atoms with Crippen LogP contribution in [0.4, 0.5) is 13.2 Å². The molecule has 2 heterocycles. The number of fused-ring (bicyclic) bond motifs is 1. The first kappa shape index (κ1) is 23.2. The van der Waals surface area contributed by atoms with Gasteiger partial charge in [-0.1, -0.05) is 24.3 Å². The molecule has 5 rings (SSSR count). The monoisotopic (exact) mass is 491 g/mol. The Kier molecular flexibility index (Phi) is 6.20. The number of aryl methyl sites for hydroxylation is 1. The second-order valence-electron chi connectivity index (χ2n) is 8.33. The zero-order valence-electron chi connectivity index (χ0n) is 18.8. The second kappa shape index (κ2) is 9.61. The third-order valence-corrected chi connectivity index (χ3v) is 5.76. The number of imidazole rings is 1. The van der Waals surface area contributed by atoms with Gasteiger partial charge in [0.1, 0.15) is 17.4 Å². The first-order valence-corrected chi connectivity index (χ1v) is 11.1. The lowest BCUT2D eigenvalue weighted by atomic mass is 10.0. The van der Waals surface area contributed by atoms with Gasteiger partial charge in [-0.25, -0.2) is 18.2 Å². The molecule has 0 aliphatic heterocycles. The molecular formula is C27H20F3N3O3. The van der Waals surface area contributed by atoms with Gasteiger partial charge in [-0.05, 0) is 41.8 Å². The Morgan fingerprint density at radius 3 is 2.67 bits per heavy atom. The van der Waals surface area contributed by atoms with Crippen LogP contribution in [-0.2, 0) is 17.6 Å². The third kappa shape index (κ3) is 4.81. The molecule has 0 bridgehead atoms. The quantitative estimate of drug-likeness (QED) is 0.235. The van der Waals surface area contributed by atoms with Crippen molar-refractivity contribution in [2.75, 3.05) is 0 Å². The van der Waals surface area contributed by atoms with Crippen molar-refractivity contribution < 1.29 is 27.8 Å². The molecule has 0 atom stereocenters. The number of H-pyrrole nitrogens is 2. The fourth-order valence-electron chi connectivity index (χ4n) is 4.03. The lowest BCUT2D eigenvalue weighted by molar-refractivity contribution is -0.136. The minimum absolute atomic E-state index is 0.0438. The van der Waals surface area contributed by atoms with Gasteiger partial charge in [0.15, 0.2) is 17.4 Å². The molecule has 5 aromatic rings. The largest absolute Gasteiger partial charge is 0.481 e. The number of carboxylic acids is 1. The minimum Gasteiger partial charge on any atom is -0.481 e. The van der Waals surface area contributed by atoms with Crippen LogP contribution < -0.4 is 4.74 Å². The molecule has 0 saturated carbocycles. The van der Waals surface area contributed by atoms with E-state index in [1.807, 2.05) is 24.3 Å². The number of hydrogen-bond donors (Lipinski definition) is 3. The SMILES string of the molecule is O=C(O)CCc1cccc(Cc2cnc(-c3cc(Oc4c(F)cc5[nH]ccc5c4F)ccc3F)[nH]2)c1. The van der Waals surface area contributed by atoms with Crippen molar-refractivity contribution in [3.63, 3.8) is 0 Å². The summed E-state index contributed by atoms with van der Waals surface area (Å²) in [7, 11) is 0. The second-order valence-corrected chi connectivity index (χ2v) is 8.33. The molecule has 6 nitrogen and oxygen atoms in total. The van der Waals surface area contributed by atoms with E-state index in [2.05, 4.69) is 15.0 Å². The van der Waals surface area contributed by atoms with Crippen LogP contribution in [-0.4, -0.2) is 26.0 Å². The summed E-state index contributed by atoms with van der Waals surface area (Å²) in [5.41, 5.74) is 2.94. The van der Waals surface area contributed by atoms with E-state index in [0.29, 0.717) is 24.1 Å². The Balaban J connectivity index is 1.37. The Labute approximate surface area is 203 Å². The van der Waals surface area contributed by atoms with E-state index in [4.69, 9.17) is 9.84 Å². The molecular weight excluding hydrogens is 471 g/mol. The molecule has 3 N–H and O–H groups in total. The number of nitrogens with one attached hydrogen (secondary N) is 2. The molecule has 0 spiro atoms. The predicted octanol–water partition coefficient (Wildman–Crippen LogP) is 6.38. The maximum absolute atomic E-state index is 14.8. The summed E-state index contributed by atoms with van der Waals surface area (Å²) in [6.07, 6.45) is 4.01. The zero-order chi connectivity index (χ0) is 25.2. The standard InChI is InChI=1S/C27H20F3N3O3/c28-21-6-5-18(36-26-22(29)13-23-19(25(26)30)8-9-31-23)12-20(21)27-32-14-17(33-27)11-16-3-1-2-15(10-16)4-7-24(34)35/h1-3,5-6,8-10,12-14,31H,4,7,11H2,(H,32,33)(H,34,35). The summed E-state index contributed by atoms with van der Waals surface area (Å²) >= 11 is 0. The Morgan fingerprint density at radius 2 is 1.83 bits per heavy atom. The first-order valence-electron chi connectivity index (χ1n) is 11.1.